The van der Waals surface area contributed by atoms with Gasteiger partial charge in [-0.1, -0.05) is 29.8 Å². The molecule has 1 N–H and O–H groups in total. The molecule has 188 valence electrons. The maximum absolute atomic E-state index is 12.5. The van der Waals surface area contributed by atoms with Crippen LogP contribution in [0.25, 0.3) is 16.7 Å². The average Bonchev–Trinajstić information content (AvgIpc) is 3.47. The van der Waals surface area contributed by atoms with E-state index in [1.54, 1.807) is 36.5 Å². The number of benzene rings is 3. The van der Waals surface area contributed by atoms with E-state index in [1.807, 2.05) is 62.4 Å². The van der Waals surface area contributed by atoms with Gasteiger partial charge < -0.3 is 13.7 Å². The molecule has 0 aliphatic heterocycles. The molecule has 1 amide bonds. The van der Waals surface area contributed by atoms with Crippen LogP contribution in [0.1, 0.15) is 38.6 Å². The van der Waals surface area contributed by atoms with Gasteiger partial charge in [0.25, 0.3) is 0 Å². The summed E-state index contributed by atoms with van der Waals surface area (Å²) in [5, 5.41) is 14.7. The second-order valence-electron chi connectivity index (χ2n) is 8.71. The smallest absolute Gasteiger partial charge is 0.307 e. The van der Waals surface area contributed by atoms with Crippen molar-refractivity contribution in [3.63, 3.8) is 0 Å². The minimum atomic E-state index is -0.449. The van der Waals surface area contributed by atoms with Crippen LogP contribution in [0.2, 0.25) is 5.02 Å². The lowest BCUT2D eigenvalue weighted by Crippen LogP contribution is -2.16. The van der Waals surface area contributed by atoms with Gasteiger partial charge in [-0.05, 0) is 74.5 Å². The van der Waals surface area contributed by atoms with Gasteiger partial charge in [0.2, 0.25) is 0 Å². The van der Waals surface area contributed by atoms with Crippen molar-refractivity contribution in [2.75, 3.05) is 0 Å². The first kappa shape index (κ1) is 24.9. The first-order chi connectivity index (χ1) is 18.4. The molecule has 5 rings (SSSR count). The Morgan fingerprint density at radius 3 is 2.68 bits per heavy atom. The number of halogens is 1. The lowest BCUT2D eigenvalue weighted by Gasteiger charge is -2.12. The number of ether oxygens (including phenoxy) is 1. The third kappa shape index (κ3) is 5.17. The van der Waals surface area contributed by atoms with E-state index in [2.05, 4.69) is 21.2 Å². The van der Waals surface area contributed by atoms with E-state index < -0.39 is 5.91 Å². The number of aryl methyl sites for hydroxylation is 1. The molecule has 0 atom stereocenters. The molecule has 7 nitrogen and oxygen atoms in total. The summed E-state index contributed by atoms with van der Waals surface area (Å²) in [5.74, 6) is 0.417. The number of furan rings is 1. The second kappa shape index (κ2) is 10.7. The number of hydrogen-bond acceptors (Lipinski definition) is 5. The standard InChI is InChI=1S/C30H23ClN4O3/c1-19-13-24(17-33-34-30(36)29-15-23-14-25(31)7-12-28(23)38-29)20(2)35(19)26-8-10-27(11-9-26)37-18-22-6-4-3-5-21(22)16-32/h3-15,17H,18H2,1-2H3,(H,34,36)/b33-17+. The molecule has 0 saturated heterocycles. The number of fused-ring (bicyclic) bond motifs is 1. The summed E-state index contributed by atoms with van der Waals surface area (Å²) in [7, 11) is 0. The van der Waals surface area contributed by atoms with Crippen LogP contribution in [0.3, 0.4) is 0 Å². The molecular formula is C30H23ClN4O3. The van der Waals surface area contributed by atoms with E-state index in [-0.39, 0.29) is 5.76 Å². The van der Waals surface area contributed by atoms with Gasteiger partial charge in [0.15, 0.2) is 5.76 Å². The van der Waals surface area contributed by atoms with Crippen molar-refractivity contribution < 1.29 is 13.9 Å². The van der Waals surface area contributed by atoms with Gasteiger partial charge in [0.1, 0.15) is 17.9 Å². The van der Waals surface area contributed by atoms with Crippen LogP contribution in [0.15, 0.2) is 88.4 Å². The third-order valence-corrected chi connectivity index (χ3v) is 6.40. The van der Waals surface area contributed by atoms with E-state index in [1.165, 1.54) is 0 Å². The average molecular weight is 523 g/mol. The Bertz CT molecular complexity index is 1710. The van der Waals surface area contributed by atoms with Gasteiger partial charge in [-0.15, -0.1) is 0 Å². The Labute approximate surface area is 224 Å². The number of carbonyl (C=O) groups excluding carboxylic acids is 1. The van der Waals surface area contributed by atoms with Crippen LogP contribution in [0.5, 0.6) is 5.75 Å². The Hall–Kier alpha value is -4.80. The van der Waals surface area contributed by atoms with Gasteiger partial charge in [-0.25, -0.2) is 5.43 Å². The molecule has 0 radical (unpaired) electrons. The number of rotatable bonds is 7. The zero-order chi connectivity index (χ0) is 26.6. The summed E-state index contributed by atoms with van der Waals surface area (Å²) in [6, 6.07) is 26.1. The zero-order valence-corrected chi connectivity index (χ0v) is 21.5. The van der Waals surface area contributed by atoms with E-state index in [0.717, 1.165) is 33.6 Å². The number of carbonyl (C=O) groups is 1. The van der Waals surface area contributed by atoms with Crippen LogP contribution < -0.4 is 10.2 Å². The van der Waals surface area contributed by atoms with Crippen molar-refractivity contribution in [3.05, 3.63) is 118 Å². The van der Waals surface area contributed by atoms with Crippen molar-refractivity contribution in [2.24, 2.45) is 5.10 Å². The molecule has 3 aromatic carbocycles. The van der Waals surface area contributed by atoms with E-state index >= 15 is 0 Å². The molecule has 0 spiro atoms. The lowest BCUT2D eigenvalue weighted by atomic mass is 10.1. The topological polar surface area (TPSA) is 92.6 Å². The molecular weight excluding hydrogens is 500 g/mol. The summed E-state index contributed by atoms with van der Waals surface area (Å²) in [5.41, 5.74) is 8.37. The fourth-order valence-corrected chi connectivity index (χ4v) is 4.45. The zero-order valence-electron chi connectivity index (χ0n) is 20.7. The summed E-state index contributed by atoms with van der Waals surface area (Å²) < 4.78 is 13.6. The highest BCUT2D eigenvalue weighted by molar-refractivity contribution is 6.31. The van der Waals surface area contributed by atoms with Gasteiger partial charge in [0, 0.05) is 38.6 Å². The van der Waals surface area contributed by atoms with Crippen LogP contribution >= 0.6 is 11.6 Å². The fourth-order valence-electron chi connectivity index (χ4n) is 4.27. The highest BCUT2D eigenvalue weighted by Gasteiger charge is 2.13. The maximum Gasteiger partial charge on any atom is 0.307 e. The van der Waals surface area contributed by atoms with Crippen molar-refractivity contribution in [2.45, 2.75) is 20.5 Å². The normalized spacial score (nSPS) is 11.1. The van der Waals surface area contributed by atoms with Crippen molar-refractivity contribution >= 4 is 34.7 Å². The fraction of sp³-hybridized carbons (Fsp3) is 0.100. The Balaban J connectivity index is 1.26. The number of hydrazone groups is 1. The molecule has 0 unspecified atom stereocenters. The molecule has 0 aliphatic carbocycles. The largest absolute Gasteiger partial charge is 0.489 e. The van der Waals surface area contributed by atoms with Gasteiger partial charge in [-0.3, -0.25) is 4.79 Å². The predicted molar refractivity (Wildman–Crippen MR) is 147 cm³/mol. The predicted octanol–water partition coefficient (Wildman–Crippen LogP) is 6.71. The molecule has 0 fully saturated rings. The highest BCUT2D eigenvalue weighted by atomic mass is 35.5. The van der Waals surface area contributed by atoms with Crippen LogP contribution in [0.4, 0.5) is 0 Å². The minimum absolute atomic E-state index is 0.156. The molecule has 38 heavy (non-hydrogen) atoms. The van der Waals surface area contributed by atoms with Crippen molar-refractivity contribution in [3.8, 4) is 17.5 Å². The van der Waals surface area contributed by atoms with Gasteiger partial charge in [0.05, 0.1) is 17.8 Å². The van der Waals surface area contributed by atoms with Crippen LogP contribution in [-0.2, 0) is 6.61 Å². The quantitative estimate of drug-likeness (QED) is 0.190. The Morgan fingerprint density at radius 1 is 1.11 bits per heavy atom. The monoisotopic (exact) mass is 522 g/mol. The summed E-state index contributed by atoms with van der Waals surface area (Å²) in [4.78, 5) is 12.5. The lowest BCUT2D eigenvalue weighted by molar-refractivity contribution is 0.0929. The molecule has 5 aromatic rings. The molecule has 0 saturated carbocycles. The minimum Gasteiger partial charge on any atom is -0.489 e. The second-order valence-corrected chi connectivity index (χ2v) is 9.14. The molecule has 0 bridgehead atoms. The van der Waals surface area contributed by atoms with Gasteiger partial charge >= 0.3 is 5.91 Å². The maximum atomic E-state index is 12.5. The number of aromatic nitrogens is 1. The van der Waals surface area contributed by atoms with Crippen molar-refractivity contribution in [1.82, 2.24) is 9.99 Å². The number of nitriles is 1. The Morgan fingerprint density at radius 2 is 1.89 bits per heavy atom. The summed E-state index contributed by atoms with van der Waals surface area (Å²) in [6.07, 6.45) is 1.61. The van der Waals surface area contributed by atoms with Crippen LogP contribution in [-0.4, -0.2) is 16.7 Å². The molecule has 2 heterocycles. The number of amides is 1. The third-order valence-electron chi connectivity index (χ3n) is 6.17. The molecule has 0 aliphatic rings. The van der Waals surface area contributed by atoms with E-state index in [9.17, 15) is 10.1 Å². The first-order valence-corrected chi connectivity index (χ1v) is 12.2. The molecule has 2 aromatic heterocycles. The first-order valence-electron chi connectivity index (χ1n) is 11.9. The molecule has 8 heteroatoms. The SMILES string of the molecule is Cc1cc(/C=N/NC(=O)c2cc3cc(Cl)ccc3o2)c(C)n1-c1ccc(OCc2ccccc2C#N)cc1. The number of hydrogen-bond donors (Lipinski definition) is 1. The number of nitrogens with one attached hydrogen (secondary N) is 1. The number of nitrogens with zero attached hydrogens (tertiary/aromatic N) is 3. The highest BCUT2D eigenvalue weighted by Crippen LogP contribution is 2.24. The van der Waals surface area contributed by atoms with Crippen LogP contribution in [0, 0.1) is 25.2 Å². The Kier molecular flexibility index (Phi) is 6.98. The van der Waals surface area contributed by atoms with E-state index in [4.69, 9.17) is 20.8 Å². The summed E-state index contributed by atoms with van der Waals surface area (Å²) >= 11 is 6.00. The van der Waals surface area contributed by atoms with Gasteiger partial charge in [-0.2, -0.15) is 10.4 Å². The summed E-state index contributed by atoms with van der Waals surface area (Å²) in [6.45, 7) is 4.31. The van der Waals surface area contributed by atoms with Crippen molar-refractivity contribution in [1.29, 1.82) is 5.26 Å². The van der Waals surface area contributed by atoms with E-state index in [0.29, 0.717) is 28.5 Å².